The van der Waals surface area contributed by atoms with Crippen LogP contribution in [0.2, 0.25) is 0 Å². The quantitative estimate of drug-likeness (QED) is 0.741. The number of fused-ring (bicyclic) bond motifs is 1. The van der Waals surface area contributed by atoms with Gasteiger partial charge in [0.15, 0.2) is 0 Å². The van der Waals surface area contributed by atoms with Gasteiger partial charge < -0.3 is 9.72 Å². The molecule has 23 heavy (non-hydrogen) atoms. The van der Waals surface area contributed by atoms with Crippen LogP contribution in [0.1, 0.15) is 5.69 Å². The lowest BCUT2D eigenvalue weighted by Crippen LogP contribution is -2.33. The summed E-state index contributed by atoms with van der Waals surface area (Å²) < 4.78 is 32.9. The summed E-state index contributed by atoms with van der Waals surface area (Å²) >= 11 is 1.22. The van der Waals surface area contributed by atoms with Crippen molar-refractivity contribution < 1.29 is 13.2 Å². The Labute approximate surface area is 139 Å². The molecule has 0 aliphatic carbocycles. The van der Waals surface area contributed by atoms with Gasteiger partial charge in [0.1, 0.15) is 4.21 Å². The molecule has 7 heteroatoms. The molecule has 0 amide bonds. The average Bonchev–Trinajstić information content (AvgIpc) is 3.16. The first-order valence-electron chi connectivity index (χ1n) is 7.17. The second kappa shape index (κ2) is 6.35. The number of H-pyrrole nitrogens is 1. The number of aromatic amines is 1. The molecule has 0 saturated heterocycles. The van der Waals surface area contributed by atoms with Crippen molar-refractivity contribution in [1.29, 1.82) is 0 Å². The minimum Gasteiger partial charge on any atom is -0.383 e. The van der Waals surface area contributed by atoms with Crippen LogP contribution in [0.25, 0.3) is 10.9 Å². The van der Waals surface area contributed by atoms with E-state index in [0.29, 0.717) is 16.5 Å². The van der Waals surface area contributed by atoms with E-state index in [9.17, 15) is 8.42 Å². The Hall–Kier alpha value is -1.83. The largest absolute Gasteiger partial charge is 0.383 e. The molecule has 0 bridgehead atoms. The normalized spacial score (nSPS) is 11.9. The SMILES string of the molecule is COCCN(c1cccc2cc(C)[nH]c12)S(=O)(=O)c1cccs1. The summed E-state index contributed by atoms with van der Waals surface area (Å²) in [5.74, 6) is 0. The predicted octanol–water partition coefficient (Wildman–Crippen LogP) is 3.38. The highest BCUT2D eigenvalue weighted by atomic mass is 32.2. The van der Waals surface area contributed by atoms with Crippen molar-refractivity contribution in [3.8, 4) is 0 Å². The Morgan fingerprint density at radius 3 is 2.78 bits per heavy atom. The molecule has 3 rings (SSSR count). The molecule has 1 aromatic carbocycles. The number of nitrogens with one attached hydrogen (secondary N) is 1. The number of methoxy groups -OCH3 is 1. The van der Waals surface area contributed by atoms with Crippen molar-refractivity contribution in [3.63, 3.8) is 0 Å². The molecule has 0 aliphatic heterocycles. The predicted molar refractivity (Wildman–Crippen MR) is 93.8 cm³/mol. The number of para-hydroxylation sites is 1. The summed E-state index contributed by atoms with van der Waals surface area (Å²) in [6.07, 6.45) is 0. The summed E-state index contributed by atoms with van der Waals surface area (Å²) in [5, 5.41) is 2.75. The maximum atomic E-state index is 13.0. The molecule has 5 nitrogen and oxygen atoms in total. The maximum Gasteiger partial charge on any atom is 0.273 e. The van der Waals surface area contributed by atoms with Crippen LogP contribution in [0.15, 0.2) is 46.0 Å². The van der Waals surface area contributed by atoms with Gasteiger partial charge in [-0.3, -0.25) is 4.31 Å². The number of nitrogens with zero attached hydrogens (tertiary/aromatic N) is 1. The first-order valence-corrected chi connectivity index (χ1v) is 9.49. The number of hydrogen-bond acceptors (Lipinski definition) is 4. The highest BCUT2D eigenvalue weighted by Gasteiger charge is 2.27. The molecule has 0 spiro atoms. The summed E-state index contributed by atoms with van der Waals surface area (Å²) in [7, 11) is -2.05. The zero-order chi connectivity index (χ0) is 16.4. The summed E-state index contributed by atoms with van der Waals surface area (Å²) in [6.45, 7) is 2.53. The molecule has 3 aromatic rings. The zero-order valence-electron chi connectivity index (χ0n) is 12.9. The number of aryl methyl sites for hydroxylation is 1. The molecule has 2 aromatic heterocycles. The lowest BCUT2D eigenvalue weighted by molar-refractivity contribution is 0.208. The minimum atomic E-state index is -3.61. The molecular formula is C16H18N2O3S2. The molecule has 0 radical (unpaired) electrons. The van der Waals surface area contributed by atoms with Crippen molar-refractivity contribution in [2.45, 2.75) is 11.1 Å². The lowest BCUT2D eigenvalue weighted by Gasteiger charge is -2.24. The molecule has 1 N–H and O–H groups in total. The third-order valence-electron chi connectivity index (χ3n) is 3.58. The van der Waals surface area contributed by atoms with E-state index in [0.717, 1.165) is 16.6 Å². The molecule has 0 aliphatic rings. The molecular weight excluding hydrogens is 332 g/mol. The van der Waals surface area contributed by atoms with Crippen LogP contribution in [0.3, 0.4) is 0 Å². The molecule has 0 unspecified atom stereocenters. The smallest absolute Gasteiger partial charge is 0.273 e. The standard InChI is InChI=1S/C16H18N2O3S2/c1-12-11-13-5-3-6-14(16(13)17-12)18(8-9-21-2)23(19,20)15-7-4-10-22-15/h3-7,10-11,17H,8-9H2,1-2H3. The first kappa shape index (κ1) is 16.0. The number of anilines is 1. The third-order valence-corrected chi connectivity index (χ3v) is 6.76. The number of benzene rings is 1. The van der Waals surface area contributed by atoms with Gasteiger partial charge in [0, 0.05) is 18.2 Å². The zero-order valence-corrected chi connectivity index (χ0v) is 14.6. The van der Waals surface area contributed by atoms with Crippen LogP contribution in [0, 0.1) is 6.92 Å². The minimum absolute atomic E-state index is 0.258. The molecule has 0 saturated carbocycles. The topological polar surface area (TPSA) is 62.4 Å². The van der Waals surface area contributed by atoms with Crippen LogP contribution in [-0.4, -0.2) is 33.7 Å². The Morgan fingerprint density at radius 1 is 1.26 bits per heavy atom. The van der Waals surface area contributed by atoms with Crippen LogP contribution in [0.4, 0.5) is 5.69 Å². The number of thiophene rings is 1. The number of hydrogen-bond donors (Lipinski definition) is 1. The third kappa shape index (κ3) is 2.99. The van der Waals surface area contributed by atoms with Gasteiger partial charge in [-0.25, -0.2) is 8.42 Å². The second-order valence-electron chi connectivity index (χ2n) is 5.20. The van der Waals surface area contributed by atoms with Gasteiger partial charge in [-0.2, -0.15) is 0 Å². The van der Waals surface area contributed by atoms with E-state index >= 15 is 0 Å². The fourth-order valence-corrected chi connectivity index (χ4v) is 5.12. The van der Waals surface area contributed by atoms with Gasteiger partial charge >= 0.3 is 0 Å². The van der Waals surface area contributed by atoms with E-state index < -0.39 is 10.0 Å². The first-order chi connectivity index (χ1) is 11.0. The number of rotatable bonds is 6. The van der Waals surface area contributed by atoms with Crippen LogP contribution < -0.4 is 4.31 Å². The number of sulfonamides is 1. The van der Waals surface area contributed by atoms with E-state index in [2.05, 4.69) is 4.98 Å². The lowest BCUT2D eigenvalue weighted by atomic mass is 10.2. The van der Waals surface area contributed by atoms with Gasteiger partial charge in [-0.05, 0) is 30.5 Å². The van der Waals surface area contributed by atoms with E-state index in [1.54, 1.807) is 24.6 Å². The van der Waals surface area contributed by atoms with Crippen LogP contribution in [-0.2, 0) is 14.8 Å². The highest BCUT2D eigenvalue weighted by molar-refractivity contribution is 7.94. The number of ether oxygens (including phenoxy) is 1. The Balaban J connectivity index is 2.15. The van der Waals surface area contributed by atoms with Crippen molar-refractivity contribution in [2.24, 2.45) is 0 Å². The van der Waals surface area contributed by atoms with Gasteiger partial charge in [0.25, 0.3) is 10.0 Å². The fourth-order valence-electron chi connectivity index (χ4n) is 2.55. The summed E-state index contributed by atoms with van der Waals surface area (Å²) in [6, 6.07) is 11.0. The van der Waals surface area contributed by atoms with Crippen LogP contribution >= 0.6 is 11.3 Å². The molecule has 122 valence electrons. The van der Waals surface area contributed by atoms with Crippen molar-refractivity contribution >= 4 is 38.0 Å². The van der Waals surface area contributed by atoms with Gasteiger partial charge in [-0.15, -0.1) is 11.3 Å². The maximum absolute atomic E-state index is 13.0. The summed E-state index contributed by atoms with van der Waals surface area (Å²) in [4.78, 5) is 3.26. The highest BCUT2D eigenvalue weighted by Crippen LogP contribution is 2.32. The molecule has 2 heterocycles. The Kier molecular flexibility index (Phi) is 4.43. The van der Waals surface area contributed by atoms with E-state index in [1.165, 1.54) is 15.6 Å². The summed E-state index contributed by atoms with van der Waals surface area (Å²) in [5.41, 5.74) is 2.45. The van der Waals surface area contributed by atoms with E-state index in [-0.39, 0.29) is 6.54 Å². The van der Waals surface area contributed by atoms with E-state index in [1.807, 2.05) is 31.2 Å². The Morgan fingerprint density at radius 2 is 2.09 bits per heavy atom. The number of aromatic nitrogens is 1. The fraction of sp³-hybridized carbons (Fsp3) is 0.250. The molecule has 0 atom stereocenters. The Bertz CT molecular complexity index is 899. The van der Waals surface area contributed by atoms with Gasteiger partial charge in [0.2, 0.25) is 0 Å². The van der Waals surface area contributed by atoms with Crippen molar-refractivity contribution in [1.82, 2.24) is 4.98 Å². The second-order valence-corrected chi connectivity index (χ2v) is 8.23. The van der Waals surface area contributed by atoms with Gasteiger partial charge in [0.05, 0.1) is 24.4 Å². The van der Waals surface area contributed by atoms with Gasteiger partial charge in [-0.1, -0.05) is 18.2 Å². The average molecular weight is 350 g/mol. The van der Waals surface area contributed by atoms with Crippen LogP contribution in [0.5, 0.6) is 0 Å². The monoisotopic (exact) mass is 350 g/mol. The van der Waals surface area contributed by atoms with E-state index in [4.69, 9.17) is 4.74 Å². The van der Waals surface area contributed by atoms with Crippen molar-refractivity contribution in [2.75, 3.05) is 24.6 Å². The van der Waals surface area contributed by atoms with Crippen molar-refractivity contribution in [3.05, 3.63) is 47.5 Å². The molecule has 0 fully saturated rings.